The minimum atomic E-state index is -2.54. The largest absolute Gasteiger partial charge is 0.748 e. The summed E-state index contributed by atoms with van der Waals surface area (Å²) < 4.78 is 21.2. The summed E-state index contributed by atoms with van der Waals surface area (Å²) in [5.41, 5.74) is 0. The Kier molecular flexibility index (Phi) is 9.01. The molecule has 0 aromatic rings. The molecule has 2 N–H and O–H groups in total. The maximum Gasteiger partial charge on any atom is 0.105 e. The summed E-state index contributed by atoms with van der Waals surface area (Å²) in [4.78, 5) is 0. The van der Waals surface area contributed by atoms with Gasteiger partial charge in [-0.05, 0) is 0 Å². The molecule has 0 radical (unpaired) electrons. The molecule has 40 valence electrons. The van der Waals surface area contributed by atoms with Crippen LogP contribution in [0.2, 0.25) is 0 Å². The van der Waals surface area contributed by atoms with Gasteiger partial charge in [-0.3, -0.25) is 0 Å². The molecule has 0 rings (SSSR count). The first kappa shape index (κ1) is 9.75. The van der Waals surface area contributed by atoms with Crippen molar-refractivity contribution in [2.24, 2.45) is 5.90 Å². The second kappa shape index (κ2) is 5.55. The predicted molar refractivity (Wildman–Crippen MR) is 14.2 cm³/mol. The standard InChI is InChI=1S/Fe.H3NO3S/c;1-4-5(2)3/h;1H2,(H,2,3)/p-1. The van der Waals surface area contributed by atoms with Crippen molar-refractivity contribution in [1.82, 2.24) is 0 Å². The number of rotatable bonds is 1. The molecule has 4 nitrogen and oxygen atoms in total. The van der Waals surface area contributed by atoms with Gasteiger partial charge in [-0.1, -0.05) is 0 Å². The third-order valence-corrected chi connectivity index (χ3v) is 0.236. The molecule has 0 aliphatic rings. The summed E-state index contributed by atoms with van der Waals surface area (Å²) in [7, 11) is 0. The molecule has 6 heteroatoms. The van der Waals surface area contributed by atoms with Crippen LogP contribution < -0.4 is 5.90 Å². The second-order valence-electron chi connectivity index (χ2n) is 0.300. The SMILES string of the molecule is NOS(=O)[O-].[Fe]. The molecule has 0 heterocycles. The van der Waals surface area contributed by atoms with E-state index in [0.717, 1.165) is 0 Å². The Labute approximate surface area is 48.0 Å². The van der Waals surface area contributed by atoms with Crippen LogP contribution in [-0.4, -0.2) is 8.76 Å². The molecule has 0 amide bonds. The molecular formula is H2FeNO3S-. The Morgan fingerprint density at radius 2 is 2.00 bits per heavy atom. The zero-order chi connectivity index (χ0) is 4.28. The fourth-order valence-corrected chi connectivity index (χ4v) is 0. The maximum absolute atomic E-state index is 9.02. The molecular weight excluding hydrogens is 150 g/mol. The van der Waals surface area contributed by atoms with E-state index in [-0.39, 0.29) is 17.1 Å². The van der Waals surface area contributed by atoms with Crippen LogP contribution in [0.15, 0.2) is 0 Å². The van der Waals surface area contributed by atoms with Gasteiger partial charge in [0.2, 0.25) is 0 Å². The first-order valence-corrected chi connectivity index (χ1v) is 1.74. The molecule has 0 saturated heterocycles. The van der Waals surface area contributed by atoms with E-state index in [4.69, 9.17) is 8.76 Å². The molecule has 0 aliphatic heterocycles. The quantitative estimate of drug-likeness (QED) is 0.287. The molecule has 0 fully saturated rings. The van der Waals surface area contributed by atoms with Gasteiger partial charge < -0.3 is 4.55 Å². The summed E-state index contributed by atoms with van der Waals surface area (Å²) in [6.07, 6.45) is 0. The van der Waals surface area contributed by atoms with E-state index in [0.29, 0.717) is 0 Å². The molecule has 6 heavy (non-hydrogen) atoms. The third-order valence-electron chi connectivity index (χ3n) is 0.0786. The molecule has 0 spiro atoms. The van der Waals surface area contributed by atoms with Crippen LogP contribution in [0.1, 0.15) is 0 Å². The van der Waals surface area contributed by atoms with Gasteiger partial charge in [0.1, 0.15) is 11.4 Å². The van der Waals surface area contributed by atoms with Gasteiger partial charge in [0.05, 0.1) is 0 Å². The summed E-state index contributed by atoms with van der Waals surface area (Å²) in [5, 5.41) is 0. The van der Waals surface area contributed by atoms with Crippen LogP contribution in [0.25, 0.3) is 0 Å². The molecule has 0 aliphatic carbocycles. The van der Waals surface area contributed by atoms with E-state index in [2.05, 4.69) is 10.2 Å². The molecule has 0 aromatic carbocycles. The summed E-state index contributed by atoms with van der Waals surface area (Å²) in [6, 6.07) is 0. The van der Waals surface area contributed by atoms with E-state index in [1.165, 1.54) is 0 Å². The van der Waals surface area contributed by atoms with Crippen molar-refractivity contribution in [2.75, 3.05) is 0 Å². The van der Waals surface area contributed by atoms with E-state index >= 15 is 0 Å². The van der Waals surface area contributed by atoms with E-state index in [1.807, 2.05) is 0 Å². The van der Waals surface area contributed by atoms with E-state index < -0.39 is 11.4 Å². The van der Waals surface area contributed by atoms with Crippen molar-refractivity contribution >= 4 is 11.4 Å². The molecule has 0 saturated carbocycles. The van der Waals surface area contributed by atoms with Crippen molar-refractivity contribution in [3.63, 3.8) is 0 Å². The molecule has 1 atom stereocenters. The van der Waals surface area contributed by atoms with Gasteiger partial charge in [0.15, 0.2) is 0 Å². The Bertz CT molecular complexity index is 46.1. The van der Waals surface area contributed by atoms with Gasteiger partial charge in [0.25, 0.3) is 0 Å². The minimum Gasteiger partial charge on any atom is -0.748 e. The molecule has 1 unspecified atom stereocenters. The van der Waals surface area contributed by atoms with Crippen molar-refractivity contribution in [3.8, 4) is 0 Å². The Morgan fingerprint density at radius 3 is 2.00 bits per heavy atom. The average molecular weight is 152 g/mol. The number of hydrogen-bond donors (Lipinski definition) is 1. The molecule has 0 bridgehead atoms. The minimum absolute atomic E-state index is 0. The first-order valence-electron chi connectivity index (χ1n) is 0.736. The van der Waals surface area contributed by atoms with Crippen LogP contribution in [-0.2, 0) is 32.7 Å². The second-order valence-corrected chi connectivity index (χ2v) is 0.901. The molecule has 0 aromatic heterocycles. The van der Waals surface area contributed by atoms with Gasteiger partial charge in [-0.2, -0.15) is 0 Å². The van der Waals surface area contributed by atoms with Crippen LogP contribution in [0.3, 0.4) is 0 Å². The van der Waals surface area contributed by atoms with Gasteiger partial charge in [-0.25, -0.2) is 14.4 Å². The smallest absolute Gasteiger partial charge is 0.105 e. The van der Waals surface area contributed by atoms with Gasteiger partial charge in [-0.15, -0.1) is 0 Å². The van der Waals surface area contributed by atoms with Gasteiger partial charge in [0, 0.05) is 17.1 Å². The summed E-state index contributed by atoms with van der Waals surface area (Å²) in [6.45, 7) is 0. The average Bonchev–Trinajstić information content (AvgIpc) is 1.38. The topological polar surface area (TPSA) is 75.4 Å². The van der Waals surface area contributed by atoms with Crippen molar-refractivity contribution < 1.29 is 30.1 Å². The monoisotopic (exact) mass is 152 g/mol. The zero-order valence-corrected chi connectivity index (χ0v) is 4.48. The first-order chi connectivity index (χ1) is 2.27. The van der Waals surface area contributed by atoms with Crippen LogP contribution in [0, 0.1) is 0 Å². The van der Waals surface area contributed by atoms with Crippen LogP contribution in [0.4, 0.5) is 0 Å². The normalized spacial score (nSPS) is 12.3. The summed E-state index contributed by atoms with van der Waals surface area (Å²) >= 11 is -2.54. The maximum atomic E-state index is 9.02. The van der Waals surface area contributed by atoms with E-state index in [9.17, 15) is 0 Å². The van der Waals surface area contributed by atoms with Crippen molar-refractivity contribution in [3.05, 3.63) is 0 Å². The summed E-state index contributed by atoms with van der Waals surface area (Å²) in [5.74, 6) is 4.06. The third kappa shape index (κ3) is 8.82. The van der Waals surface area contributed by atoms with Crippen LogP contribution >= 0.6 is 0 Å². The van der Waals surface area contributed by atoms with Crippen LogP contribution in [0.5, 0.6) is 0 Å². The fraction of sp³-hybridized carbons (Fsp3) is 0. The van der Waals surface area contributed by atoms with Gasteiger partial charge >= 0.3 is 0 Å². The van der Waals surface area contributed by atoms with E-state index in [1.54, 1.807) is 0 Å². The van der Waals surface area contributed by atoms with Crippen molar-refractivity contribution in [2.45, 2.75) is 0 Å². The zero-order valence-electron chi connectivity index (χ0n) is 2.56. The predicted octanol–water partition coefficient (Wildman–Crippen LogP) is -1.33. The number of hydrogen-bond acceptors (Lipinski definition) is 4. The number of nitrogens with two attached hydrogens (primary N) is 1. The van der Waals surface area contributed by atoms with Crippen molar-refractivity contribution in [1.29, 1.82) is 0 Å². The Hall–Kier alpha value is 0.549. The fourth-order valence-electron chi connectivity index (χ4n) is 0. The Morgan fingerprint density at radius 1 is 1.83 bits per heavy atom. The Balaban J connectivity index is 0.